The van der Waals surface area contributed by atoms with Gasteiger partial charge in [-0.15, -0.1) is 0 Å². The van der Waals surface area contributed by atoms with E-state index in [9.17, 15) is 4.79 Å². The van der Waals surface area contributed by atoms with Gasteiger partial charge in [-0.2, -0.15) is 0 Å². The molecule has 132 valence electrons. The van der Waals surface area contributed by atoms with Gasteiger partial charge in [-0.3, -0.25) is 4.79 Å². The predicted molar refractivity (Wildman–Crippen MR) is 95.6 cm³/mol. The predicted octanol–water partition coefficient (Wildman–Crippen LogP) is 2.62. The molecule has 0 unspecified atom stereocenters. The number of hydrogen-bond donors (Lipinski definition) is 1. The van der Waals surface area contributed by atoms with E-state index >= 15 is 0 Å². The monoisotopic (exact) mass is 340 g/mol. The zero-order valence-corrected chi connectivity index (χ0v) is 14.4. The van der Waals surface area contributed by atoms with Crippen molar-refractivity contribution in [3.05, 3.63) is 41.1 Å². The molecule has 2 fully saturated rings. The van der Waals surface area contributed by atoms with Crippen molar-refractivity contribution in [3.63, 3.8) is 0 Å². The largest absolute Gasteiger partial charge is 0.460 e. The lowest BCUT2D eigenvalue weighted by Crippen LogP contribution is -2.43. The summed E-state index contributed by atoms with van der Waals surface area (Å²) in [6.45, 7) is 2.22. The van der Waals surface area contributed by atoms with E-state index in [0.717, 1.165) is 43.1 Å². The van der Waals surface area contributed by atoms with Gasteiger partial charge in [-0.05, 0) is 37.3 Å². The molecule has 25 heavy (non-hydrogen) atoms. The average molecular weight is 340 g/mol. The van der Waals surface area contributed by atoms with E-state index in [0.29, 0.717) is 6.01 Å². The van der Waals surface area contributed by atoms with Crippen LogP contribution < -0.4 is 10.3 Å². The Morgan fingerprint density at radius 1 is 1.04 bits per heavy atom. The highest BCUT2D eigenvalue weighted by Gasteiger charge is 2.28. The lowest BCUT2D eigenvalue weighted by atomic mass is 10.0. The van der Waals surface area contributed by atoms with E-state index in [2.05, 4.69) is 19.9 Å². The average Bonchev–Trinajstić information content (AvgIpc) is 3.18. The summed E-state index contributed by atoms with van der Waals surface area (Å²) < 4.78 is 5.96. The second kappa shape index (κ2) is 7.35. The molecule has 1 saturated carbocycles. The van der Waals surface area contributed by atoms with Crippen LogP contribution in [-0.2, 0) is 0 Å². The van der Waals surface area contributed by atoms with Gasteiger partial charge >= 0.3 is 6.01 Å². The Morgan fingerprint density at radius 3 is 2.44 bits per heavy atom. The molecule has 6 nitrogen and oxygen atoms in total. The van der Waals surface area contributed by atoms with Gasteiger partial charge in [-0.25, -0.2) is 9.97 Å². The standard InChI is InChI=1S/C19H24N4O2/c24-18-11-14(5-8-20-18)15-12-21-19(22-13-15)25-17-6-9-23(10-7-17)16-3-1-2-4-16/h5,8,11-13,16-17H,1-4,6-7,9-10H2,(H,20,24). The first-order valence-corrected chi connectivity index (χ1v) is 9.20. The van der Waals surface area contributed by atoms with Crippen molar-refractivity contribution < 1.29 is 4.74 Å². The van der Waals surface area contributed by atoms with E-state index in [4.69, 9.17) is 4.74 Å². The molecule has 0 amide bonds. The highest BCUT2D eigenvalue weighted by Crippen LogP contribution is 2.27. The van der Waals surface area contributed by atoms with Crippen molar-refractivity contribution in [1.82, 2.24) is 19.9 Å². The van der Waals surface area contributed by atoms with Crippen LogP contribution in [0.25, 0.3) is 11.1 Å². The number of nitrogens with zero attached hydrogens (tertiary/aromatic N) is 3. The van der Waals surface area contributed by atoms with Crippen molar-refractivity contribution in [3.8, 4) is 17.1 Å². The molecule has 2 aromatic heterocycles. The van der Waals surface area contributed by atoms with E-state index in [1.165, 1.54) is 31.7 Å². The Bertz CT molecular complexity index is 745. The molecule has 0 radical (unpaired) electrons. The number of aromatic nitrogens is 3. The second-order valence-corrected chi connectivity index (χ2v) is 6.99. The summed E-state index contributed by atoms with van der Waals surface area (Å²) in [5, 5.41) is 0. The zero-order chi connectivity index (χ0) is 17.1. The van der Waals surface area contributed by atoms with Gasteiger partial charge < -0.3 is 14.6 Å². The van der Waals surface area contributed by atoms with Crippen LogP contribution in [0.5, 0.6) is 6.01 Å². The number of H-pyrrole nitrogens is 1. The molecular weight excluding hydrogens is 316 g/mol. The van der Waals surface area contributed by atoms with Crippen LogP contribution in [0.1, 0.15) is 38.5 Å². The highest BCUT2D eigenvalue weighted by atomic mass is 16.5. The first kappa shape index (κ1) is 16.3. The molecule has 1 saturated heterocycles. The number of hydrogen-bond acceptors (Lipinski definition) is 5. The lowest BCUT2D eigenvalue weighted by Gasteiger charge is -2.35. The molecule has 0 atom stereocenters. The maximum absolute atomic E-state index is 11.4. The Kier molecular flexibility index (Phi) is 4.78. The van der Waals surface area contributed by atoms with Crippen molar-refractivity contribution in [2.75, 3.05) is 13.1 Å². The summed E-state index contributed by atoms with van der Waals surface area (Å²) in [6, 6.07) is 4.59. The minimum Gasteiger partial charge on any atom is -0.460 e. The molecule has 0 aromatic carbocycles. The SMILES string of the molecule is O=c1cc(-c2cnc(OC3CCN(C4CCCC4)CC3)nc2)cc[nH]1. The molecule has 1 N–H and O–H groups in total. The Hall–Kier alpha value is -2.21. The van der Waals surface area contributed by atoms with Crippen molar-refractivity contribution in [2.24, 2.45) is 0 Å². The molecule has 1 aliphatic heterocycles. The number of aromatic amines is 1. The summed E-state index contributed by atoms with van der Waals surface area (Å²) in [4.78, 5) is 25.3. The highest BCUT2D eigenvalue weighted by molar-refractivity contribution is 5.60. The Labute approximate surface area is 147 Å². The second-order valence-electron chi connectivity index (χ2n) is 6.99. The fraction of sp³-hybridized carbons (Fsp3) is 0.526. The maximum atomic E-state index is 11.4. The third kappa shape index (κ3) is 3.90. The fourth-order valence-corrected chi connectivity index (χ4v) is 3.93. The van der Waals surface area contributed by atoms with E-state index in [-0.39, 0.29) is 11.7 Å². The summed E-state index contributed by atoms with van der Waals surface area (Å²) in [5.74, 6) is 0. The summed E-state index contributed by atoms with van der Waals surface area (Å²) in [7, 11) is 0. The van der Waals surface area contributed by atoms with E-state index < -0.39 is 0 Å². The summed E-state index contributed by atoms with van der Waals surface area (Å²) in [6.07, 6.45) is 12.8. The lowest BCUT2D eigenvalue weighted by molar-refractivity contribution is 0.0710. The first-order valence-electron chi connectivity index (χ1n) is 9.20. The molecule has 2 aromatic rings. The molecule has 3 heterocycles. The Morgan fingerprint density at radius 2 is 1.76 bits per heavy atom. The van der Waals surface area contributed by atoms with Crippen LogP contribution in [0.2, 0.25) is 0 Å². The van der Waals surface area contributed by atoms with Gasteiger partial charge in [0.25, 0.3) is 0 Å². The van der Waals surface area contributed by atoms with Gasteiger partial charge in [0.1, 0.15) is 6.10 Å². The third-order valence-corrected chi connectivity index (χ3v) is 5.33. The number of piperidine rings is 1. The van der Waals surface area contributed by atoms with Crippen LogP contribution in [-0.4, -0.2) is 45.1 Å². The number of nitrogens with one attached hydrogen (secondary N) is 1. The molecule has 0 spiro atoms. The topological polar surface area (TPSA) is 71.1 Å². The number of ether oxygens (including phenoxy) is 1. The van der Waals surface area contributed by atoms with Crippen LogP contribution in [0.3, 0.4) is 0 Å². The van der Waals surface area contributed by atoms with Gasteiger partial charge in [0.15, 0.2) is 0 Å². The van der Waals surface area contributed by atoms with Crippen LogP contribution >= 0.6 is 0 Å². The smallest absolute Gasteiger partial charge is 0.316 e. The number of pyridine rings is 1. The van der Waals surface area contributed by atoms with Crippen LogP contribution in [0.4, 0.5) is 0 Å². The van der Waals surface area contributed by atoms with Gasteiger partial charge in [0.05, 0.1) is 0 Å². The van der Waals surface area contributed by atoms with Crippen molar-refractivity contribution in [1.29, 1.82) is 0 Å². The zero-order valence-electron chi connectivity index (χ0n) is 14.4. The van der Waals surface area contributed by atoms with E-state index in [1.54, 1.807) is 18.6 Å². The van der Waals surface area contributed by atoms with Crippen LogP contribution in [0.15, 0.2) is 35.5 Å². The summed E-state index contributed by atoms with van der Waals surface area (Å²) >= 11 is 0. The molecular formula is C19H24N4O2. The Balaban J connectivity index is 1.33. The van der Waals surface area contributed by atoms with Gasteiger partial charge in [0.2, 0.25) is 5.56 Å². The third-order valence-electron chi connectivity index (χ3n) is 5.33. The number of likely N-dealkylation sites (tertiary alicyclic amines) is 1. The molecule has 2 aliphatic rings. The van der Waals surface area contributed by atoms with E-state index in [1.807, 2.05) is 6.07 Å². The normalized spacial score (nSPS) is 20.0. The van der Waals surface area contributed by atoms with Crippen molar-refractivity contribution >= 4 is 0 Å². The quantitative estimate of drug-likeness (QED) is 0.926. The number of rotatable bonds is 4. The minimum absolute atomic E-state index is 0.133. The molecule has 6 heteroatoms. The summed E-state index contributed by atoms with van der Waals surface area (Å²) in [5.41, 5.74) is 1.49. The first-order chi connectivity index (χ1) is 12.3. The molecule has 0 bridgehead atoms. The van der Waals surface area contributed by atoms with Crippen LogP contribution in [0, 0.1) is 0 Å². The van der Waals surface area contributed by atoms with Gasteiger partial charge in [-0.1, -0.05) is 12.8 Å². The fourth-order valence-electron chi connectivity index (χ4n) is 3.93. The molecule has 1 aliphatic carbocycles. The van der Waals surface area contributed by atoms with Gasteiger partial charge in [0, 0.05) is 49.4 Å². The minimum atomic E-state index is -0.133. The maximum Gasteiger partial charge on any atom is 0.316 e. The van der Waals surface area contributed by atoms with Crippen molar-refractivity contribution in [2.45, 2.75) is 50.7 Å². The molecule has 4 rings (SSSR count).